The summed E-state index contributed by atoms with van der Waals surface area (Å²) >= 11 is 0. The lowest BCUT2D eigenvalue weighted by molar-refractivity contribution is 0.0345. The molecule has 0 amide bonds. The summed E-state index contributed by atoms with van der Waals surface area (Å²) in [6.07, 6.45) is -2.53. The quantitative estimate of drug-likeness (QED) is 0.836. The highest BCUT2D eigenvalue weighted by atomic mass is 19.3. The number of piperazine rings is 1. The fourth-order valence-corrected chi connectivity index (χ4v) is 2.73. The molecule has 3 N–H and O–H groups in total. The zero-order chi connectivity index (χ0) is 15.6. The topological polar surface area (TPSA) is 52.7 Å². The molecule has 0 bridgehead atoms. The minimum atomic E-state index is -2.53. The molecule has 1 aromatic rings. The molecule has 0 unspecified atom stereocenters. The molecule has 1 heterocycles. The van der Waals surface area contributed by atoms with Gasteiger partial charge in [-0.1, -0.05) is 0 Å². The first-order valence-corrected chi connectivity index (χ1v) is 7.13. The van der Waals surface area contributed by atoms with Crippen molar-refractivity contribution in [3.63, 3.8) is 0 Å². The third-order valence-electron chi connectivity index (χ3n) is 3.61. The van der Waals surface area contributed by atoms with Gasteiger partial charge in [0.1, 0.15) is 0 Å². The van der Waals surface area contributed by atoms with Crippen LogP contribution in [0.25, 0.3) is 0 Å². The van der Waals surface area contributed by atoms with Crippen molar-refractivity contribution in [2.24, 2.45) is 0 Å². The molecular weight excluding hydrogens is 276 g/mol. The van der Waals surface area contributed by atoms with Crippen LogP contribution < -0.4 is 10.6 Å². The van der Waals surface area contributed by atoms with Crippen LogP contribution >= 0.6 is 0 Å². The van der Waals surface area contributed by atoms with E-state index in [0.29, 0.717) is 31.0 Å². The summed E-state index contributed by atoms with van der Waals surface area (Å²) in [6.45, 7) is 6.96. The Morgan fingerprint density at radius 3 is 2.38 bits per heavy atom. The number of nitrogen functional groups attached to an aromatic ring is 1. The summed E-state index contributed by atoms with van der Waals surface area (Å²) in [5.74, 6) is 0. The highest BCUT2D eigenvalue weighted by Crippen LogP contribution is 2.32. The number of hydrogen-bond donors (Lipinski definition) is 2. The zero-order valence-electron chi connectivity index (χ0n) is 12.5. The van der Waals surface area contributed by atoms with E-state index in [1.807, 2.05) is 4.90 Å². The van der Waals surface area contributed by atoms with Crippen LogP contribution in [0.2, 0.25) is 0 Å². The Hall–Kier alpha value is -1.40. The zero-order valence-corrected chi connectivity index (χ0v) is 12.5. The molecule has 0 spiro atoms. The largest absolute Gasteiger partial charge is 0.399 e. The lowest BCUT2D eigenvalue weighted by atomic mass is 10.1. The summed E-state index contributed by atoms with van der Waals surface area (Å²) in [5.41, 5.74) is 5.77. The number of β-amino-alcohol motifs (C(OH)–C–C–N with tert-alkyl or cyclic N) is 1. The van der Waals surface area contributed by atoms with E-state index < -0.39 is 12.0 Å². The van der Waals surface area contributed by atoms with Crippen LogP contribution in [-0.4, -0.2) is 48.3 Å². The average molecular weight is 299 g/mol. The van der Waals surface area contributed by atoms with Crippen LogP contribution in [0.3, 0.4) is 0 Å². The summed E-state index contributed by atoms with van der Waals surface area (Å²) in [5, 5.41) is 9.83. The number of benzene rings is 1. The molecular formula is C15H23F2N3O. The minimum absolute atomic E-state index is 0.00839. The number of halogens is 2. The number of nitrogens with zero attached hydrogens (tertiary/aromatic N) is 2. The van der Waals surface area contributed by atoms with Crippen LogP contribution in [0.1, 0.15) is 25.8 Å². The summed E-state index contributed by atoms with van der Waals surface area (Å²) < 4.78 is 26.3. The maximum Gasteiger partial charge on any atom is 0.265 e. The number of rotatable bonds is 4. The first kappa shape index (κ1) is 16.0. The predicted molar refractivity (Wildman–Crippen MR) is 80.8 cm³/mol. The van der Waals surface area contributed by atoms with Crippen LogP contribution in [0.5, 0.6) is 0 Å². The number of hydrogen-bond acceptors (Lipinski definition) is 4. The summed E-state index contributed by atoms with van der Waals surface area (Å²) in [6, 6.07) is 4.68. The fourth-order valence-electron chi connectivity index (χ4n) is 2.73. The van der Waals surface area contributed by atoms with E-state index in [0.717, 1.165) is 13.1 Å². The molecule has 0 radical (unpaired) electrons. The van der Waals surface area contributed by atoms with Crippen molar-refractivity contribution in [1.29, 1.82) is 0 Å². The van der Waals surface area contributed by atoms with Crippen LogP contribution in [0, 0.1) is 0 Å². The van der Waals surface area contributed by atoms with Gasteiger partial charge in [0.25, 0.3) is 6.43 Å². The van der Waals surface area contributed by atoms with Crippen LogP contribution in [0.4, 0.5) is 20.2 Å². The predicted octanol–water partition coefficient (Wildman–Crippen LogP) is 2.10. The van der Waals surface area contributed by atoms with E-state index in [1.54, 1.807) is 26.0 Å². The van der Waals surface area contributed by atoms with E-state index in [4.69, 9.17) is 5.73 Å². The van der Waals surface area contributed by atoms with Crippen LogP contribution in [-0.2, 0) is 0 Å². The molecule has 2 rings (SSSR count). The first-order valence-electron chi connectivity index (χ1n) is 7.13. The number of aliphatic hydroxyl groups is 1. The third-order valence-corrected chi connectivity index (χ3v) is 3.61. The molecule has 21 heavy (non-hydrogen) atoms. The molecule has 1 aliphatic rings. The Labute approximate surface area is 124 Å². The van der Waals surface area contributed by atoms with Gasteiger partial charge in [-0.15, -0.1) is 0 Å². The van der Waals surface area contributed by atoms with E-state index in [-0.39, 0.29) is 5.56 Å². The van der Waals surface area contributed by atoms with Crippen molar-refractivity contribution in [2.75, 3.05) is 43.4 Å². The molecule has 118 valence electrons. The Morgan fingerprint density at radius 2 is 1.86 bits per heavy atom. The molecule has 4 nitrogen and oxygen atoms in total. The second kappa shape index (κ2) is 6.15. The molecule has 1 aliphatic heterocycles. The lowest BCUT2D eigenvalue weighted by Crippen LogP contribution is -2.50. The van der Waals surface area contributed by atoms with Gasteiger partial charge in [0.2, 0.25) is 0 Å². The molecule has 6 heteroatoms. The Bertz CT molecular complexity index is 480. The maximum atomic E-state index is 13.1. The van der Waals surface area contributed by atoms with E-state index in [2.05, 4.69) is 4.90 Å². The maximum absolute atomic E-state index is 13.1. The van der Waals surface area contributed by atoms with Gasteiger partial charge in [-0.25, -0.2) is 8.78 Å². The monoisotopic (exact) mass is 299 g/mol. The lowest BCUT2D eigenvalue weighted by Gasteiger charge is -2.39. The van der Waals surface area contributed by atoms with Crippen molar-refractivity contribution in [3.05, 3.63) is 23.8 Å². The molecule has 0 saturated carbocycles. The van der Waals surface area contributed by atoms with Crippen molar-refractivity contribution < 1.29 is 13.9 Å². The standard InChI is InChI=1S/C15H23F2N3O/c1-15(2,21)10-19-5-7-20(8-6-19)13-4-3-11(18)9-12(13)14(16)17/h3-4,9,14,21H,5-8,10,18H2,1-2H3. The van der Waals surface area contributed by atoms with Crippen molar-refractivity contribution in [1.82, 2.24) is 4.90 Å². The van der Waals surface area contributed by atoms with Gasteiger partial charge in [0, 0.05) is 49.7 Å². The average Bonchev–Trinajstić information content (AvgIpc) is 2.38. The van der Waals surface area contributed by atoms with Crippen LogP contribution in [0.15, 0.2) is 18.2 Å². The van der Waals surface area contributed by atoms with Gasteiger partial charge >= 0.3 is 0 Å². The van der Waals surface area contributed by atoms with Gasteiger partial charge in [0.05, 0.1) is 5.60 Å². The van der Waals surface area contributed by atoms with Gasteiger partial charge < -0.3 is 15.7 Å². The van der Waals surface area contributed by atoms with E-state index in [9.17, 15) is 13.9 Å². The highest BCUT2D eigenvalue weighted by molar-refractivity contribution is 5.60. The smallest absolute Gasteiger partial charge is 0.265 e. The number of nitrogens with two attached hydrogens (primary N) is 1. The molecule has 0 aliphatic carbocycles. The van der Waals surface area contributed by atoms with Gasteiger partial charge in [-0.3, -0.25) is 4.90 Å². The molecule has 1 saturated heterocycles. The van der Waals surface area contributed by atoms with Gasteiger partial charge in [-0.05, 0) is 32.0 Å². The summed E-state index contributed by atoms with van der Waals surface area (Å²) in [7, 11) is 0. The SMILES string of the molecule is CC(C)(O)CN1CCN(c2ccc(N)cc2C(F)F)CC1. The van der Waals surface area contributed by atoms with Crippen molar-refractivity contribution in [2.45, 2.75) is 25.9 Å². The molecule has 0 atom stereocenters. The Morgan fingerprint density at radius 1 is 1.24 bits per heavy atom. The molecule has 1 fully saturated rings. The van der Waals surface area contributed by atoms with Gasteiger partial charge in [0.15, 0.2) is 0 Å². The number of alkyl halides is 2. The fraction of sp³-hybridized carbons (Fsp3) is 0.600. The minimum Gasteiger partial charge on any atom is -0.399 e. The van der Waals surface area contributed by atoms with Crippen molar-refractivity contribution >= 4 is 11.4 Å². The molecule has 1 aromatic carbocycles. The second-order valence-electron chi connectivity index (χ2n) is 6.19. The van der Waals surface area contributed by atoms with Crippen molar-refractivity contribution in [3.8, 4) is 0 Å². The van der Waals surface area contributed by atoms with E-state index >= 15 is 0 Å². The number of anilines is 2. The van der Waals surface area contributed by atoms with E-state index in [1.165, 1.54) is 6.07 Å². The molecule has 0 aromatic heterocycles. The third kappa shape index (κ3) is 4.28. The highest BCUT2D eigenvalue weighted by Gasteiger charge is 2.25. The first-order chi connectivity index (χ1) is 9.76. The van der Waals surface area contributed by atoms with Gasteiger partial charge in [-0.2, -0.15) is 0 Å². The second-order valence-corrected chi connectivity index (χ2v) is 6.19. The normalized spacial score (nSPS) is 17.5. The Balaban J connectivity index is 2.06. The summed E-state index contributed by atoms with van der Waals surface area (Å²) in [4.78, 5) is 4.11. The Kier molecular flexibility index (Phi) is 4.68.